The molecule has 1 fully saturated rings. The van der Waals surface area contributed by atoms with E-state index in [2.05, 4.69) is 5.32 Å². The van der Waals surface area contributed by atoms with Gasteiger partial charge in [0.1, 0.15) is 0 Å². The molecule has 3 N–H and O–H groups in total. The smallest absolute Gasteiger partial charge is 0.321 e. The molecule has 0 radical (unpaired) electrons. The summed E-state index contributed by atoms with van der Waals surface area (Å²) in [6.45, 7) is -0.195. The molecular formula is C5H8N2O3. The van der Waals surface area contributed by atoms with Crippen molar-refractivity contribution in [2.75, 3.05) is 6.61 Å². The summed E-state index contributed by atoms with van der Waals surface area (Å²) >= 11 is 0. The van der Waals surface area contributed by atoms with E-state index in [4.69, 9.17) is 5.11 Å². The molecule has 3 amide bonds. The molecule has 0 bridgehead atoms. The van der Waals surface area contributed by atoms with Gasteiger partial charge in [-0.15, -0.1) is 0 Å². The van der Waals surface area contributed by atoms with Crippen LogP contribution in [0.5, 0.6) is 0 Å². The van der Waals surface area contributed by atoms with Crippen molar-refractivity contribution in [3.8, 4) is 0 Å². The molecule has 56 valence electrons. The summed E-state index contributed by atoms with van der Waals surface area (Å²) in [5, 5.41) is 13.0. The van der Waals surface area contributed by atoms with Crippen LogP contribution in [0.15, 0.2) is 0 Å². The normalized spacial score (nSPS) is 25.5. The largest absolute Gasteiger partial charge is 0.394 e. The van der Waals surface area contributed by atoms with E-state index in [0.717, 1.165) is 0 Å². The summed E-state index contributed by atoms with van der Waals surface area (Å²) in [4.78, 5) is 21.0. The third kappa shape index (κ3) is 1.44. The van der Waals surface area contributed by atoms with Gasteiger partial charge in [-0.2, -0.15) is 0 Å². The van der Waals surface area contributed by atoms with E-state index in [9.17, 15) is 9.59 Å². The van der Waals surface area contributed by atoms with Crippen LogP contribution >= 0.6 is 0 Å². The van der Waals surface area contributed by atoms with Crippen molar-refractivity contribution < 1.29 is 14.7 Å². The summed E-state index contributed by atoms with van der Waals surface area (Å²) < 4.78 is 0. The lowest BCUT2D eigenvalue weighted by molar-refractivity contribution is -0.121. The van der Waals surface area contributed by atoms with E-state index in [0.29, 0.717) is 0 Å². The molecule has 1 unspecified atom stereocenters. The zero-order valence-corrected chi connectivity index (χ0v) is 5.26. The fourth-order valence-electron chi connectivity index (χ4n) is 0.784. The van der Waals surface area contributed by atoms with Crippen LogP contribution < -0.4 is 10.6 Å². The van der Waals surface area contributed by atoms with Crippen molar-refractivity contribution in [1.29, 1.82) is 0 Å². The molecule has 0 aromatic carbocycles. The van der Waals surface area contributed by atoms with Gasteiger partial charge in [0.15, 0.2) is 0 Å². The maximum absolute atomic E-state index is 10.6. The maximum Gasteiger partial charge on any atom is 0.321 e. The van der Waals surface area contributed by atoms with Gasteiger partial charge >= 0.3 is 6.03 Å². The standard InChI is InChI=1S/C5H8N2O3/c8-2-3-1-4(9)7-5(10)6-3/h3,8H,1-2H2,(H2,6,7,9,10). The van der Waals surface area contributed by atoms with Crippen molar-refractivity contribution in [2.45, 2.75) is 12.5 Å². The lowest BCUT2D eigenvalue weighted by Crippen LogP contribution is -2.53. The van der Waals surface area contributed by atoms with Crippen molar-refractivity contribution >= 4 is 11.9 Å². The Morgan fingerprint density at radius 1 is 1.60 bits per heavy atom. The Bertz CT molecular complexity index is 152. The summed E-state index contributed by atoms with van der Waals surface area (Å²) in [6.07, 6.45) is 0.155. The monoisotopic (exact) mass is 144 g/mol. The summed E-state index contributed by atoms with van der Waals surface area (Å²) in [5.74, 6) is -0.345. The summed E-state index contributed by atoms with van der Waals surface area (Å²) in [5.41, 5.74) is 0. The molecule has 0 spiro atoms. The first-order valence-corrected chi connectivity index (χ1v) is 2.93. The van der Waals surface area contributed by atoms with Gasteiger partial charge in [-0.1, -0.05) is 0 Å². The molecule has 0 aromatic rings. The third-order valence-electron chi connectivity index (χ3n) is 1.24. The number of aliphatic hydroxyl groups is 1. The van der Waals surface area contributed by atoms with Gasteiger partial charge in [0.05, 0.1) is 12.6 Å². The SMILES string of the molecule is O=C1CC(CO)NC(=O)N1. The van der Waals surface area contributed by atoms with Gasteiger partial charge in [-0.25, -0.2) is 4.79 Å². The Kier molecular flexibility index (Phi) is 1.86. The van der Waals surface area contributed by atoms with Crippen LogP contribution in [0.4, 0.5) is 4.79 Å². The molecule has 5 nitrogen and oxygen atoms in total. The van der Waals surface area contributed by atoms with E-state index in [1.165, 1.54) is 0 Å². The average molecular weight is 144 g/mol. The molecule has 1 saturated heterocycles. The number of aliphatic hydroxyl groups excluding tert-OH is 1. The summed E-state index contributed by atoms with van der Waals surface area (Å²) in [7, 11) is 0. The van der Waals surface area contributed by atoms with Gasteiger partial charge in [-0.05, 0) is 0 Å². The van der Waals surface area contributed by atoms with Crippen molar-refractivity contribution in [2.24, 2.45) is 0 Å². The van der Waals surface area contributed by atoms with E-state index in [-0.39, 0.29) is 18.9 Å². The summed E-state index contributed by atoms with van der Waals surface area (Å²) in [6, 6.07) is -0.948. The molecule has 0 aromatic heterocycles. The highest BCUT2D eigenvalue weighted by atomic mass is 16.3. The molecule has 0 aliphatic carbocycles. The zero-order chi connectivity index (χ0) is 7.56. The van der Waals surface area contributed by atoms with Crippen LogP contribution in [0.3, 0.4) is 0 Å². The van der Waals surface area contributed by atoms with Crippen molar-refractivity contribution in [3.05, 3.63) is 0 Å². The second kappa shape index (κ2) is 2.66. The molecule has 1 atom stereocenters. The predicted octanol–water partition coefficient (Wildman–Crippen LogP) is -1.42. The number of carbonyl (C=O) groups excluding carboxylic acids is 2. The molecule has 1 heterocycles. The number of amides is 3. The third-order valence-corrected chi connectivity index (χ3v) is 1.24. The van der Waals surface area contributed by atoms with Gasteiger partial charge in [-0.3, -0.25) is 10.1 Å². The first-order valence-electron chi connectivity index (χ1n) is 2.93. The number of urea groups is 1. The fraction of sp³-hybridized carbons (Fsp3) is 0.600. The molecule has 10 heavy (non-hydrogen) atoms. The number of hydrogen-bond donors (Lipinski definition) is 3. The van der Waals surface area contributed by atoms with Gasteiger partial charge < -0.3 is 10.4 Å². The van der Waals surface area contributed by atoms with Crippen LogP contribution in [0.2, 0.25) is 0 Å². The van der Waals surface area contributed by atoms with Crippen LogP contribution in [0.1, 0.15) is 6.42 Å². The van der Waals surface area contributed by atoms with Crippen LogP contribution in [0, 0.1) is 0 Å². The van der Waals surface area contributed by atoms with Gasteiger partial charge in [0, 0.05) is 6.42 Å². The minimum Gasteiger partial charge on any atom is -0.394 e. The Balaban J connectivity index is 2.50. The first-order chi connectivity index (χ1) is 4.72. The lowest BCUT2D eigenvalue weighted by Gasteiger charge is -2.20. The van der Waals surface area contributed by atoms with E-state index < -0.39 is 12.1 Å². The van der Waals surface area contributed by atoms with Gasteiger partial charge in [0.2, 0.25) is 5.91 Å². The highest BCUT2D eigenvalue weighted by molar-refractivity contribution is 5.97. The van der Waals surface area contributed by atoms with Gasteiger partial charge in [0.25, 0.3) is 0 Å². The first kappa shape index (κ1) is 7.01. The Morgan fingerprint density at radius 3 is 2.80 bits per heavy atom. The van der Waals surface area contributed by atoms with Crippen molar-refractivity contribution in [3.63, 3.8) is 0 Å². The fourth-order valence-corrected chi connectivity index (χ4v) is 0.784. The highest BCUT2D eigenvalue weighted by Gasteiger charge is 2.22. The van der Waals surface area contributed by atoms with Crippen LogP contribution in [-0.4, -0.2) is 29.7 Å². The molecule has 1 aliphatic heterocycles. The average Bonchev–Trinajstić information content (AvgIpc) is 1.85. The molecule has 0 saturated carbocycles. The van der Waals surface area contributed by atoms with Crippen LogP contribution in [0.25, 0.3) is 0 Å². The maximum atomic E-state index is 10.6. The van der Waals surface area contributed by atoms with Crippen LogP contribution in [-0.2, 0) is 4.79 Å². The quantitative estimate of drug-likeness (QED) is 0.422. The number of nitrogens with one attached hydrogen (secondary N) is 2. The number of imide groups is 1. The van der Waals surface area contributed by atoms with E-state index in [1.54, 1.807) is 0 Å². The second-order valence-corrected chi connectivity index (χ2v) is 2.11. The Hall–Kier alpha value is -1.10. The minimum atomic E-state index is -0.532. The zero-order valence-electron chi connectivity index (χ0n) is 5.26. The van der Waals surface area contributed by atoms with E-state index >= 15 is 0 Å². The molecular weight excluding hydrogens is 136 g/mol. The van der Waals surface area contributed by atoms with E-state index in [1.807, 2.05) is 5.32 Å². The Morgan fingerprint density at radius 2 is 2.30 bits per heavy atom. The number of rotatable bonds is 1. The predicted molar refractivity (Wildman–Crippen MR) is 32.2 cm³/mol. The molecule has 1 aliphatic rings. The minimum absolute atomic E-state index is 0.155. The topological polar surface area (TPSA) is 78.4 Å². The number of hydrogen-bond acceptors (Lipinski definition) is 3. The Labute approximate surface area is 57.4 Å². The second-order valence-electron chi connectivity index (χ2n) is 2.11. The lowest BCUT2D eigenvalue weighted by atomic mass is 10.2. The number of carbonyl (C=O) groups is 2. The highest BCUT2D eigenvalue weighted by Crippen LogP contribution is 1.95. The molecule has 5 heteroatoms. The van der Waals surface area contributed by atoms with Crippen molar-refractivity contribution in [1.82, 2.24) is 10.6 Å². The molecule has 1 rings (SSSR count).